The number of hydrogen-bond acceptors (Lipinski definition) is 2. The summed E-state index contributed by atoms with van der Waals surface area (Å²) in [6.45, 7) is 2.36. The van der Waals surface area contributed by atoms with Gasteiger partial charge in [0.15, 0.2) is 0 Å². The number of aryl methyl sites for hydroxylation is 1. The van der Waals surface area contributed by atoms with Crippen molar-refractivity contribution in [2.75, 3.05) is 11.9 Å². The summed E-state index contributed by atoms with van der Waals surface area (Å²) in [4.78, 5) is 23.4. The lowest BCUT2D eigenvalue weighted by Gasteiger charge is -2.07. The highest BCUT2D eigenvalue weighted by Crippen LogP contribution is 2.09. The molecular formula is C17H18N2O2. The summed E-state index contributed by atoms with van der Waals surface area (Å²) in [6.07, 6.45) is 0.699. The molecule has 2 aromatic carbocycles. The fraction of sp³-hybridized carbons (Fsp3) is 0.176. The lowest BCUT2D eigenvalue weighted by atomic mass is 10.1. The predicted molar refractivity (Wildman–Crippen MR) is 83.0 cm³/mol. The van der Waals surface area contributed by atoms with E-state index in [2.05, 4.69) is 10.6 Å². The van der Waals surface area contributed by atoms with E-state index in [4.69, 9.17) is 0 Å². The van der Waals surface area contributed by atoms with Crippen LogP contribution in [0, 0.1) is 6.92 Å². The number of benzene rings is 2. The van der Waals surface area contributed by atoms with Gasteiger partial charge in [-0.05, 0) is 36.6 Å². The van der Waals surface area contributed by atoms with Gasteiger partial charge in [-0.1, -0.05) is 42.5 Å². The molecule has 2 rings (SSSR count). The minimum Gasteiger partial charge on any atom is -0.347 e. The maximum atomic E-state index is 11.7. The summed E-state index contributed by atoms with van der Waals surface area (Å²) < 4.78 is 0. The van der Waals surface area contributed by atoms with Crippen molar-refractivity contribution in [1.29, 1.82) is 0 Å². The van der Waals surface area contributed by atoms with Crippen LogP contribution in [0.15, 0.2) is 54.6 Å². The average molecular weight is 282 g/mol. The van der Waals surface area contributed by atoms with Crippen molar-refractivity contribution in [3.8, 4) is 0 Å². The van der Waals surface area contributed by atoms with Gasteiger partial charge in [-0.25, -0.2) is 0 Å². The lowest BCUT2D eigenvalue weighted by molar-refractivity contribution is -0.136. The van der Waals surface area contributed by atoms with Gasteiger partial charge in [-0.15, -0.1) is 0 Å². The van der Waals surface area contributed by atoms with Crippen LogP contribution in [0.1, 0.15) is 11.1 Å². The third-order valence-electron chi connectivity index (χ3n) is 3.02. The molecule has 0 unspecified atom stereocenters. The van der Waals surface area contributed by atoms with E-state index >= 15 is 0 Å². The molecule has 0 atom stereocenters. The van der Waals surface area contributed by atoms with E-state index in [1.165, 1.54) is 0 Å². The summed E-state index contributed by atoms with van der Waals surface area (Å²) in [5.74, 6) is -1.26. The van der Waals surface area contributed by atoms with Crippen LogP contribution in [-0.2, 0) is 16.0 Å². The molecule has 0 bridgehead atoms. The summed E-state index contributed by atoms with van der Waals surface area (Å²) in [7, 11) is 0. The Bertz CT molecular complexity index is 624. The molecule has 0 saturated heterocycles. The van der Waals surface area contributed by atoms with Gasteiger partial charge in [0.2, 0.25) is 0 Å². The van der Waals surface area contributed by atoms with Gasteiger partial charge >= 0.3 is 11.8 Å². The Morgan fingerprint density at radius 2 is 1.71 bits per heavy atom. The smallest absolute Gasteiger partial charge is 0.313 e. The maximum absolute atomic E-state index is 11.7. The summed E-state index contributed by atoms with van der Waals surface area (Å²) in [5, 5.41) is 5.20. The third-order valence-corrected chi connectivity index (χ3v) is 3.02. The Hall–Kier alpha value is -2.62. The second-order valence-corrected chi connectivity index (χ2v) is 4.82. The normalized spacial score (nSPS) is 9.95. The van der Waals surface area contributed by atoms with E-state index in [1.54, 1.807) is 6.07 Å². The van der Waals surface area contributed by atoms with Crippen molar-refractivity contribution in [2.45, 2.75) is 13.3 Å². The molecule has 2 aromatic rings. The Labute approximate surface area is 124 Å². The molecule has 0 spiro atoms. The van der Waals surface area contributed by atoms with Crippen LogP contribution in [0.4, 0.5) is 5.69 Å². The van der Waals surface area contributed by atoms with E-state index in [-0.39, 0.29) is 0 Å². The second kappa shape index (κ2) is 7.24. The zero-order valence-electron chi connectivity index (χ0n) is 11.9. The molecule has 2 N–H and O–H groups in total. The highest BCUT2D eigenvalue weighted by Gasteiger charge is 2.12. The number of rotatable bonds is 4. The van der Waals surface area contributed by atoms with Crippen molar-refractivity contribution < 1.29 is 9.59 Å². The topological polar surface area (TPSA) is 58.2 Å². The quantitative estimate of drug-likeness (QED) is 0.845. The van der Waals surface area contributed by atoms with Gasteiger partial charge in [0.05, 0.1) is 0 Å². The third kappa shape index (κ3) is 4.76. The SMILES string of the molecule is Cc1cccc(NC(=O)C(=O)NCCc2ccccc2)c1. The van der Waals surface area contributed by atoms with Crippen molar-refractivity contribution in [3.05, 3.63) is 65.7 Å². The molecular weight excluding hydrogens is 264 g/mol. The molecule has 0 aliphatic rings. The van der Waals surface area contributed by atoms with Gasteiger partial charge in [0.1, 0.15) is 0 Å². The minimum absolute atomic E-state index is 0.435. The van der Waals surface area contributed by atoms with Crippen molar-refractivity contribution >= 4 is 17.5 Å². The molecule has 0 aliphatic carbocycles. The van der Waals surface area contributed by atoms with Crippen LogP contribution in [-0.4, -0.2) is 18.4 Å². The maximum Gasteiger partial charge on any atom is 0.313 e. The van der Waals surface area contributed by atoms with Gasteiger partial charge < -0.3 is 10.6 Å². The van der Waals surface area contributed by atoms with E-state index in [0.29, 0.717) is 18.7 Å². The van der Waals surface area contributed by atoms with E-state index in [9.17, 15) is 9.59 Å². The van der Waals surface area contributed by atoms with E-state index < -0.39 is 11.8 Å². The van der Waals surface area contributed by atoms with Crippen LogP contribution in [0.3, 0.4) is 0 Å². The van der Waals surface area contributed by atoms with Crippen LogP contribution in [0.2, 0.25) is 0 Å². The van der Waals surface area contributed by atoms with Crippen LogP contribution in [0.25, 0.3) is 0 Å². The van der Waals surface area contributed by atoms with Crippen molar-refractivity contribution in [3.63, 3.8) is 0 Å². The van der Waals surface area contributed by atoms with Gasteiger partial charge in [-0.2, -0.15) is 0 Å². The number of carbonyl (C=O) groups is 2. The molecule has 4 heteroatoms. The molecule has 2 amide bonds. The van der Waals surface area contributed by atoms with Crippen LogP contribution >= 0.6 is 0 Å². The molecule has 108 valence electrons. The molecule has 0 heterocycles. The van der Waals surface area contributed by atoms with Crippen molar-refractivity contribution in [2.24, 2.45) is 0 Å². The first-order chi connectivity index (χ1) is 10.1. The Morgan fingerprint density at radius 3 is 2.43 bits per heavy atom. The first-order valence-corrected chi connectivity index (χ1v) is 6.85. The van der Waals surface area contributed by atoms with Crippen molar-refractivity contribution in [1.82, 2.24) is 5.32 Å². The van der Waals surface area contributed by atoms with Gasteiger partial charge in [0, 0.05) is 12.2 Å². The van der Waals surface area contributed by atoms with E-state index in [1.807, 2.05) is 55.5 Å². The van der Waals surface area contributed by atoms with Crippen LogP contribution < -0.4 is 10.6 Å². The summed E-state index contributed by atoms with van der Waals surface area (Å²) >= 11 is 0. The largest absolute Gasteiger partial charge is 0.347 e. The molecule has 4 nitrogen and oxygen atoms in total. The highest BCUT2D eigenvalue weighted by atomic mass is 16.2. The number of anilines is 1. The molecule has 0 fully saturated rings. The summed E-state index contributed by atoms with van der Waals surface area (Å²) in [6, 6.07) is 17.1. The van der Waals surface area contributed by atoms with Crippen LogP contribution in [0.5, 0.6) is 0 Å². The lowest BCUT2D eigenvalue weighted by Crippen LogP contribution is -2.36. The Balaban J connectivity index is 1.79. The molecule has 0 aliphatic heterocycles. The minimum atomic E-state index is -0.645. The zero-order chi connectivity index (χ0) is 15.1. The first kappa shape index (κ1) is 14.8. The summed E-state index contributed by atoms with van der Waals surface area (Å²) in [5.41, 5.74) is 2.77. The second-order valence-electron chi connectivity index (χ2n) is 4.82. The van der Waals surface area contributed by atoms with Gasteiger partial charge in [0.25, 0.3) is 0 Å². The molecule has 0 radical (unpaired) electrons. The number of carbonyl (C=O) groups excluding carboxylic acids is 2. The van der Waals surface area contributed by atoms with Gasteiger partial charge in [-0.3, -0.25) is 9.59 Å². The predicted octanol–water partition coefficient (Wildman–Crippen LogP) is 2.29. The molecule has 0 aromatic heterocycles. The zero-order valence-corrected chi connectivity index (χ0v) is 11.9. The number of amides is 2. The fourth-order valence-electron chi connectivity index (χ4n) is 1.96. The number of hydrogen-bond donors (Lipinski definition) is 2. The van der Waals surface area contributed by atoms with E-state index in [0.717, 1.165) is 11.1 Å². The highest BCUT2D eigenvalue weighted by molar-refractivity contribution is 6.39. The molecule has 21 heavy (non-hydrogen) atoms. The standard InChI is InChI=1S/C17H18N2O2/c1-13-6-5-9-15(12-13)19-17(21)16(20)18-11-10-14-7-3-2-4-8-14/h2-9,12H,10-11H2,1H3,(H,18,20)(H,19,21). The first-order valence-electron chi connectivity index (χ1n) is 6.85. The average Bonchev–Trinajstić information content (AvgIpc) is 2.48. The number of nitrogens with one attached hydrogen (secondary N) is 2. The fourth-order valence-corrected chi connectivity index (χ4v) is 1.96. The monoisotopic (exact) mass is 282 g/mol. The Kier molecular flexibility index (Phi) is 5.10. The molecule has 0 saturated carbocycles. The Morgan fingerprint density at radius 1 is 0.952 bits per heavy atom.